The van der Waals surface area contributed by atoms with Gasteiger partial charge in [0.05, 0.1) is 6.42 Å². The number of carbonyl (C=O) groups excluding carboxylic acids is 2. The van der Waals surface area contributed by atoms with Gasteiger partial charge >= 0.3 is 0 Å². The third kappa shape index (κ3) is 2.83. The first-order chi connectivity index (χ1) is 6.76. The van der Waals surface area contributed by atoms with Gasteiger partial charge in [0.15, 0.2) is 0 Å². The van der Waals surface area contributed by atoms with Gasteiger partial charge in [-0.25, -0.2) is 4.39 Å². The Hall–Kier alpha value is -1.95. The summed E-state index contributed by atoms with van der Waals surface area (Å²) in [6, 6.07) is 3.80. The van der Waals surface area contributed by atoms with Crippen LogP contribution < -0.4 is 0 Å². The van der Waals surface area contributed by atoms with Crippen molar-refractivity contribution in [1.82, 2.24) is 0 Å². The van der Waals surface area contributed by atoms with Crippen LogP contribution in [0.4, 0.5) is 4.39 Å². The molecule has 70 valence electrons. The largest absolute Gasteiger partial charge is 0.302 e. The number of aldehydes is 2. The summed E-state index contributed by atoms with van der Waals surface area (Å²) in [5, 5.41) is 0. The summed E-state index contributed by atoms with van der Waals surface area (Å²) in [6.45, 7) is 0. The highest BCUT2D eigenvalue weighted by Crippen LogP contribution is 2.06. The van der Waals surface area contributed by atoms with Crippen LogP contribution in [-0.4, -0.2) is 12.6 Å². The van der Waals surface area contributed by atoms with Crippen molar-refractivity contribution >= 4 is 12.6 Å². The molecular weight excluding hydrogens is 183 g/mol. The summed E-state index contributed by atoms with van der Waals surface area (Å²) in [6.07, 6.45) is 1.31. The molecule has 1 aromatic carbocycles. The molecule has 0 fully saturated rings. The third-order valence-electron chi connectivity index (χ3n) is 1.47. The molecule has 1 rings (SSSR count). The van der Waals surface area contributed by atoms with Crippen molar-refractivity contribution in [2.75, 3.05) is 0 Å². The van der Waals surface area contributed by atoms with Crippen LogP contribution in [0.5, 0.6) is 0 Å². The molecule has 0 amide bonds. The summed E-state index contributed by atoms with van der Waals surface area (Å²) in [7, 11) is 0. The number of rotatable bonds is 2. The second-order valence-corrected chi connectivity index (χ2v) is 2.56. The van der Waals surface area contributed by atoms with Gasteiger partial charge in [-0.15, -0.1) is 0 Å². The average molecular weight is 190 g/mol. The first kappa shape index (κ1) is 10.1. The van der Waals surface area contributed by atoms with Gasteiger partial charge in [-0.2, -0.15) is 0 Å². The molecule has 0 radical (unpaired) electrons. The van der Waals surface area contributed by atoms with E-state index in [0.717, 1.165) is 6.07 Å². The maximum atomic E-state index is 12.8. The second kappa shape index (κ2) is 4.93. The van der Waals surface area contributed by atoms with Crippen molar-refractivity contribution < 1.29 is 14.0 Å². The van der Waals surface area contributed by atoms with Crippen molar-refractivity contribution in [3.8, 4) is 11.8 Å². The van der Waals surface area contributed by atoms with Gasteiger partial charge in [-0.1, -0.05) is 11.8 Å². The molecule has 0 saturated heterocycles. The zero-order valence-corrected chi connectivity index (χ0v) is 7.29. The Bertz CT molecular complexity index is 413. The SMILES string of the molecule is O=CCC#Cc1cc(F)cc(C=O)c1. The summed E-state index contributed by atoms with van der Waals surface area (Å²) in [5.74, 6) is 4.60. The van der Waals surface area contributed by atoms with Gasteiger partial charge in [-0.3, -0.25) is 4.79 Å². The molecule has 1 aromatic rings. The summed E-state index contributed by atoms with van der Waals surface area (Å²) in [4.78, 5) is 20.3. The standard InChI is InChI=1S/C11H7FO2/c12-11-6-9(3-1-2-4-13)5-10(7-11)8-14/h4-8H,2H2. The van der Waals surface area contributed by atoms with E-state index in [2.05, 4.69) is 11.8 Å². The molecule has 14 heavy (non-hydrogen) atoms. The minimum absolute atomic E-state index is 0.104. The van der Waals surface area contributed by atoms with E-state index < -0.39 is 5.82 Å². The molecule has 0 unspecified atom stereocenters. The van der Waals surface area contributed by atoms with Gasteiger partial charge in [0.1, 0.15) is 18.4 Å². The lowest BCUT2D eigenvalue weighted by atomic mass is 10.1. The molecule has 0 bridgehead atoms. The first-order valence-electron chi connectivity index (χ1n) is 3.94. The summed E-state index contributed by atoms with van der Waals surface area (Å²) < 4.78 is 12.8. The number of halogens is 1. The van der Waals surface area contributed by atoms with Crippen LogP contribution in [0.3, 0.4) is 0 Å². The van der Waals surface area contributed by atoms with Gasteiger partial charge < -0.3 is 4.79 Å². The van der Waals surface area contributed by atoms with Crippen LogP contribution in [0.25, 0.3) is 0 Å². The van der Waals surface area contributed by atoms with Gasteiger partial charge in [0, 0.05) is 11.1 Å². The first-order valence-corrected chi connectivity index (χ1v) is 3.94. The molecule has 0 saturated carbocycles. The number of hydrogen-bond acceptors (Lipinski definition) is 2. The molecular formula is C11H7FO2. The van der Waals surface area contributed by atoms with Crippen LogP contribution in [0.2, 0.25) is 0 Å². The van der Waals surface area contributed by atoms with Crippen LogP contribution in [-0.2, 0) is 4.79 Å². The average Bonchev–Trinajstić information content (AvgIpc) is 2.17. The molecule has 0 aromatic heterocycles. The monoisotopic (exact) mass is 190 g/mol. The highest BCUT2D eigenvalue weighted by molar-refractivity contribution is 5.75. The van der Waals surface area contributed by atoms with Gasteiger partial charge in [0.25, 0.3) is 0 Å². The number of carbonyl (C=O) groups is 2. The fourth-order valence-corrected chi connectivity index (χ4v) is 0.947. The van der Waals surface area contributed by atoms with Crippen molar-refractivity contribution in [3.63, 3.8) is 0 Å². The van der Waals surface area contributed by atoms with Crippen LogP contribution >= 0.6 is 0 Å². The Balaban J connectivity index is 2.99. The highest BCUT2D eigenvalue weighted by Gasteiger charge is 1.97. The fraction of sp³-hybridized carbons (Fsp3) is 0.0909. The van der Waals surface area contributed by atoms with E-state index in [-0.39, 0.29) is 12.0 Å². The Labute approximate surface area is 80.7 Å². The minimum atomic E-state index is -0.509. The normalized spacial score (nSPS) is 8.64. The topological polar surface area (TPSA) is 34.1 Å². The lowest BCUT2D eigenvalue weighted by molar-refractivity contribution is -0.107. The zero-order chi connectivity index (χ0) is 10.4. The fourth-order valence-electron chi connectivity index (χ4n) is 0.947. The van der Waals surface area contributed by atoms with Crippen LogP contribution in [0, 0.1) is 17.7 Å². The molecule has 2 nitrogen and oxygen atoms in total. The minimum Gasteiger partial charge on any atom is -0.302 e. The highest BCUT2D eigenvalue weighted by atomic mass is 19.1. The molecule has 0 heterocycles. The zero-order valence-electron chi connectivity index (χ0n) is 7.29. The maximum Gasteiger partial charge on any atom is 0.150 e. The van der Waals surface area contributed by atoms with E-state index in [1.165, 1.54) is 12.1 Å². The van der Waals surface area contributed by atoms with E-state index >= 15 is 0 Å². The van der Waals surface area contributed by atoms with E-state index in [1.807, 2.05) is 0 Å². The second-order valence-electron chi connectivity index (χ2n) is 2.56. The Morgan fingerprint density at radius 1 is 1.29 bits per heavy atom. The molecule has 0 aliphatic rings. The third-order valence-corrected chi connectivity index (χ3v) is 1.47. The molecule has 0 N–H and O–H groups in total. The van der Waals surface area contributed by atoms with Crippen molar-refractivity contribution in [3.05, 3.63) is 35.1 Å². The van der Waals surface area contributed by atoms with Crippen LogP contribution in [0.1, 0.15) is 22.3 Å². The lowest BCUT2D eigenvalue weighted by Gasteiger charge is -1.93. The molecule has 0 atom stereocenters. The Morgan fingerprint density at radius 3 is 2.71 bits per heavy atom. The van der Waals surface area contributed by atoms with Gasteiger partial charge in [0.2, 0.25) is 0 Å². The molecule has 0 aliphatic heterocycles. The lowest BCUT2D eigenvalue weighted by Crippen LogP contribution is -1.85. The quantitative estimate of drug-likeness (QED) is 0.524. The smallest absolute Gasteiger partial charge is 0.150 e. The maximum absolute atomic E-state index is 12.8. The van der Waals surface area contributed by atoms with E-state index in [0.29, 0.717) is 18.1 Å². The van der Waals surface area contributed by atoms with Gasteiger partial charge in [-0.05, 0) is 18.2 Å². The summed E-state index contributed by atoms with van der Waals surface area (Å²) >= 11 is 0. The molecule has 0 aliphatic carbocycles. The van der Waals surface area contributed by atoms with E-state index in [4.69, 9.17) is 0 Å². The number of benzene rings is 1. The van der Waals surface area contributed by atoms with Crippen molar-refractivity contribution in [2.24, 2.45) is 0 Å². The molecule has 0 spiro atoms. The van der Waals surface area contributed by atoms with Crippen LogP contribution in [0.15, 0.2) is 18.2 Å². The van der Waals surface area contributed by atoms with Crippen molar-refractivity contribution in [2.45, 2.75) is 6.42 Å². The van der Waals surface area contributed by atoms with Crippen molar-refractivity contribution in [1.29, 1.82) is 0 Å². The predicted octanol–water partition coefficient (Wildman–Crippen LogP) is 1.58. The molecule has 3 heteroatoms. The Morgan fingerprint density at radius 2 is 2.07 bits per heavy atom. The summed E-state index contributed by atoms with van der Waals surface area (Å²) in [5.41, 5.74) is 0.634. The predicted molar refractivity (Wildman–Crippen MR) is 49.3 cm³/mol. The van der Waals surface area contributed by atoms with E-state index in [9.17, 15) is 14.0 Å². The Kier molecular flexibility index (Phi) is 3.57. The number of hydrogen-bond donors (Lipinski definition) is 0. The van der Waals surface area contributed by atoms with E-state index in [1.54, 1.807) is 0 Å².